The minimum atomic E-state index is -3.46. The fourth-order valence-electron chi connectivity index (χ4n) is 2.59. The molecule has 2 heterocycles. The smallest absolute Gasteiger partial charge is 0.340 e. The van der Waals surface area contributed by atoms with E-state index in [2.05, 4.69) is 9.71 Å². The highest BCUT2D eigenvalue weighted by atomic mass is 32.2. The predicted molar refractivity (Wildman–Crippen MR) is 108 cm³/mol. The van der Waals surface area contributed by atoms with Gasteiger partial charge in [-0.05, 0) is 37.5 Å². The van der Waals surface area contributed by atoms with Crippen molar-refractivity contribution in [3.8, 4) is 0 Å². The summed E-state index contributed by atoms with van der Waals surface area (Å²) in [5, 5.41) is 2.75. The Morgan fingerprint density at radius 2 is 2.04 bits per heavy atom. The maximum absolute atomic E-state index is 12.4. The van der Waals surface area contributed by atoms with E-state index in [1.807, 2.05) is 24.5 Å². The number of sulfonamides is 1. The first-order valence-electron chi connectivity index (χ1n) is 8.43. The molecule has 2 aliphatic heterocycles. The minimum absolute atomic E-state index is 0.128. The lowest BCUT2D eigenvalue weighted by Gasteiger charge is -2.27. The van der Waals surface area contributed by atoms with E-state index in [4.69, 9.17) is 4.74 Å². The lowest BCUT2D eigenvalue weighted by atomic mass is 10.2. The van der Waals surface area contributed by atoms with E-state index in [1.54, 1.807) is 11.0 Å². The van der Waals surface area contributed by atoms with Crippen molar-refractivity contribution in [2.24, 2.45) is 4.40 Å². The van der Waals surface area contributed by atoms with E-state index >= 15 is 0 Å². The number of fused-ring (bicyclic) bond motifs is 1. The van der Waals surface area contributed by atoms with Gasteiger partial charge in [-0.25, -0.2) is 13.2 Å². The molecule has 0 fully saturated rings. The van der Waals surface area contributed by atoms with Gasteiger partial charge in [0, 0.05) is 17.6 Å². The van der Waals surface area contributed by atoms with E-state index in [9.17, 15) is 18.0 Å². The van der Waals surface area contributed by atoms with Gasteiger partial charge in [0.1, 0.15) is 5.84 Å². The van der Waals surface area contributed by atoms with E-state index in [0.717, 1.165) is 4.90 Å². The van der Waals surface area contributed by atoms with Gasteiger partial charge in [-0.15, -0.1) is 16.2 Å². The van der Waals surface area contributed by atoms with Crippen LogP contribution in [0.2, 0.25) is 0 Å². The molecular formula is C18H19N3O5S2. The Hall–Kier alpha value is -2.59. The van der Waals surface area contributed by atoms with Crippen molar-refractivity contribution in [2.75, 3.05) is 23.9 Å². The Balaban J connectivity index is 1.64. The molecule has 2 aliphatic rings. The monoisotopic (exact) mass is 421 g/mol. The SMILES string of the molecule is CSc1ccccc1NC(=O)C(C)OC(=O)C1=CN2CCS(=O)(=O)N=C2C=C1. The lowest BCUT2D eigenvalue weighted by Crippen LogP contribution is -2.37. The van der Waals surface area contributed by atoms with Crippen molar-refractivity contribution in [1.82, 2.24) is 4.90 Å². The summed E-state index contributed by atoms with van der Waals surface area (Å²) in [6.45, 7) is 1.69. The van der Waals surface area contributed by atoms with Crippen LogP contribution in [0.4, 0.5) is 5.69 Å². The molecule has 0 radical (unpaired) electrons. The Morgan fingerprint density at radius 1 is 1.29 bits per heavy atom. The molecule has 0 spiro atoms. The molecule has 0 saturated carbocycles. The minimum Gasteiger partial charge on any atom is -0.449 e. The fourth-order valence-corrected chi connectivity index (χ4v) is 4.11. The molecule has 1 aromatic rings. The highest BCUT2D eigenvalue weighted by Gasteiger charge is 2.27. The molecule has 1 unspecified atom stereocenters. The number of nitrogens with zero attached hydrogens (tertiary/aromatic N) is 2. The van der Waals surface area contributed by atoms with Gasteiger partial charge in [-0.2, -0.15) is 0 Å². The third-order valence-corrected chi connectivity index (χ3v) is 6.04. The first kappa shape index (κ1) is 20.2. The molecule has 1 amide bonds. The molecule has 3 rings (SSSR count). The number of thioether (sulfide) groups is 1. The number of ether oxygens (including phenoxy) is 1. The van der Waals surface area contributed by atoms with Crippen molar-refractivity contribution in [3.63, 3.8) is 0 Å². The normalized spacial score (nSPS) is 18.4. The molecule has 0 saturated heterocycles. The molecule has 148 valence electrons. The predicted octanol–water partition coefficient (Wildman–Crippen LogP) is 1.78. The highest BCUT2D eigenvalue weighted by molar-refractivity contribution is 7.98. The standard InChI is InChI=1S/C18H19N3O5S2/c1-12(17(22)19-14-5-3-4-6-15(14)27-2)26-18(23)13-7-8-16-20-28(24,25)10-9-21(16)11-13/h3-8,11-12H,9-10H2,1-2H3,(H,19,22). The van der Waals surface area contributed by atoms with Crippen LogP contribution in [0, 0.1) is 0 Å². The highest BCUT2D eigenvalue weighted by Crippen LogP contribution is 2.25. The van der Waals surface area contributed by atoms with Crippen molar-refractivity contribution < 1.29 is 22.7 Å². The molecule has 1 atom stereocenters. The third kappa shape index (κ3) is 4.63. The second-order valence-corrected chi connectivity index (χ2v) is 8.69. The van der Waals surface area contributed by atoms with Gasteiger partial charge >= 0.3 is 5.97 Å². The molecular weight excluding hydrogens is 402 g/mol. The van der Waals surface area contributed by atoms with Crippen LogP contribution in [-0.4, -0.2) is 55.7 Å². The first-order chi connectivity index (χ1) is 13.3. The number of hydrogen-bond acceptors (Lipinski definition) is 7. The van der Waals surface area contributed by atoms with Crippen molar-refractivity contribution in [3.05, 3.63) is 48.2 Å². The van der Waals surface area contributed by atoms with E-state index < -0.39 is 28.0 Å². The zero-order chi connectivity index (χ0) is 20.3. The van der Waals surface area contributed by atoms with Crippen LogP contribution in [-0.2, 0) is 24.3 Å². The first-order valence-corrected chi connectivity index (χ1v) is 11.3. The Kier molecular flexibility index (Phi) is 5.90. The summed E-state index contributed by atoms with van der Waals surface area (Å²) in [5.74, 6) is -0.995. The fraction of sp³-hybridized carbons (Fsp3) is 0.278. The topological polar surface area (TPSA) is 105 Å². The van der Waals surface area contributed by atoms with Crippen LogP contribution in [0.15, 0.2) is 57.5 Å². The zero-order valence-electron chi connectivity index (χ0n) is 15.3. The maximum atomic E-state index is 12.4. The second-order valence-electron chi connectivity index (χ2n) is 6.08. The Labute approximate surface area is 167 Å². The van der Waals surface area contributed by atoms with Crippen LogP contribution in [0.25, 0.3) is 0 Å². The molecule has 0 aromatic heterocycles. The summed E-state index contributed by atoms with van der Waals surface area (Å²) in [6.07, 6.45) is 5.23. The van der Waals surface area contributed by atoms with Gasteiger partial charge in [-0.3, -0.25) is 4.79 Å². The van der Waals surface area contributed by atoms with E-state index in [0.29, 0.717) is 5.69 Å². The maximum Gasteiger partial charge on any atom is 0.340 e. The number of hydrogen-bond donors (Lipinski definition) is 1. The molecule has 1 aromatic carbocycles. The van der Waals surface area contributed by atoms with Crippen molar-refractivity contribution >= 4 is 45.2 Å². The number of rotatable bonds is 5. The molecule has 0 bridgehead atoms. The van der Waals surface area contributed by atoms with Gasteiger partial charge in [0.25, 0.3) is 15.9 Å². The summed E-state index contributed by atoms with van der Waals surface area (Å²) >= 11 is 1.50. The average Bonchev–Trinajstić information content (AvgIpc) is 2.67. The van der Waals surface area contributed by atoms with Crippen LogP contribution in [0.1, 0.15) is 6.92 Å². The number of amidine groups is 1. The van der Waals surface area contributed by atoms with E-state index in [-0.39, 0.29) is 23.7 Å². The van der Waals surface area contributed by atoms with Gasteiger partial charge in [-0.1, -0.05) is 12.1 Å². The summed E-state index contributed by atoms with van der Waals surface area (Å²) in [5.41, 5.74) is 0.859. The third-order valence-electron chi connectivity index (χ3n) is 4.08. The number of amides is 1. The molecule has 10 heteroatoms. The second kappa shape index (κ2) is 8.19. The zero-order valence-corrected chi connectivity index (χ0v) is 16.9. The van der Waals surface area contributed by atoms with Gasteiger partial charge in [0.15, 0.2) is 6.10 Å². The Morgan fingerprint density at radius 3 is 2.79 bits per heavy atom. The summed E-state index contributed by atoms with van der Waals surface area (Å²) in [6, 6.07) is 7.33. The van der Waals surface area contributed by atoms with Crippen LogP contribution >= 0.6 is 11.8 Å². The summed E-state index contributed by atoms with van der Waals surface area (Å²) in [7, 11) is -3.46. The van der Waals surface area contributed by atoms with Crippen LogP contribution in [0.5, 0.6) is 0 Å². The van der Waals surface area contributed by atoms with Crippen LogP contribution < -0.4 is 5.32 Å². The summed E-state index contributed by atoms with van der Waals surface area (Å²) < 4.78 is 32.0. The number of benzene rings is 1. The lowest BCUT2D eigenvalue weighted by molar-refractivity contribution is -0.149. The summed E-state index contributed by atoms with van der Waals surface area (Å²) in [4.78, 5) is 27.2. The largest absolute Gasteiger partial charge is 0.449 e. The average molecular weight is 422 g/mol. The van der Waals surface area contributed by atoms with Gasteiger partial charge in [0.2, 0.25) is 0 Å². The number of para-hydroxylation sites is 1. The molecule has 1 N–H and O–H groups in total. The number of carbonyl (C=O) groups excluding carboxylic acids is 2. The number of anilines is 1. The van der Waals surface area contributed by atoms with Crippen molar-refractivity contribution in [1.29, 1.82) is 0 Å². The van der Waals surface area contributed by atoms with Crippen LogP contribution in [0.3, 0.4) is 0 Å². The van der Waals surface area contributed by atoms with Gasteiger partial charge in [0.05, 0.1) is 17.0 Å². The quantitative estimate of drug-likeness (QED) is 0.571. The van der Waals surface area contributed by atoms with E-state index in [1.165, 1.54) is 37.0 Å². The number of esters is 1. The number of carbonyl (C=O) groups is 2. The molecule has 0 aliphatic carbocycles. The van der Waals surface area contributed by atoms with Gasteiger partial charge < -0.3 is 15.0 Å². The Bertz CT molecular complexity index is 998. The molecule has 28 heavy (non-hydrogen) atoms. The number of nitrogens with one attached hydrogen (secondary N) is 1. The molecule has 8 nitrogen and oxygen atoms in total. The van der Waals surface area contributed by atoms with Crippen molar-refractivity contribution in [2.45, 2.75) is 17.9 Å².